The first-order chi connectivity index (χ1) is 28.9. The van der Waals surface area contributed by atoms with Crippen LogP contribution in [0.1, 0.15) is 0 Å². The van der Waals surface area contributed by atoms with Gasteiger partial charge in [-0.3, -0.25) is 13.7 Å². The summed E-state index contributed by atoms with van der Waals surface area (Å²) >= 11 is 0. The summed E-state index contributed by atoms with van der Waals surface area (Å²) in [6.45, 7) is 6.54. The number of aromatic hydroxyl groups is 2. The SMILES string of the molecule is O=S(=O)([O-])O.O=S(=O)([O-])O.O=S(=O)=O.[CH2-]CS(=O)(=O)c1cc(O)c(N=Nc2[c-]cc3c(N=Nc4cc(S(=O)(=O)C[CH2-])c(S(=O)(=O)O)cc4S(=O)(=O)[O-])c(NC)ccc3c2O)cc1OC.[Cu].[Na+].[Na+].[Na+].[Na+]. The van der Waals surface area contributed by atoms with Gasteiger partial charge in [0, 0.05) is 53.4 Å². The number of phenolic OH excluding ortho intramolecular Hbond substituents is 2. The fraction of sp³-hybridized carbons (Fsp3) is 0.143. The van der Waals surface area contributed by atoms with E-state index in [0.717, 1.165) is 12.1 Å². The minimum Gasteiger partial charge on any atom is -0.744 e. The quantitative estimate of drug-likeness (QED) is 0.0252. The zero-order valence-electron chi connectivity index (χ0n) is 35.8. The first kappa shape index (κ1) is 77.0. The normalized spacial score (nSPS) is 11.4. The van der Waals surface area contributed by atoms with Crippen molar-refractivity contribution in [3.05, 3.63) is 62.4 Å². The second-order valence-electron chi connectivity index (χ2n) is 10.9. The third-order valence-electron chi connectivity index (χ3n) is 6.88. The van der Waals surface area contributed by atoms with Gasteiger partial charge in [-0.15, -0.1) is 17.7 Å². The molecule has 0 amide bonds. The van der Waals surface area contributed by atoms with Crippen LogP contribution in [0.25, 0.3) is 10.8 Å². The standard InChI is InChI=1S/C28H26N5O13S4.Cu.4Na.2H2O4S.O3S/c1-5-47(36,37)24-13-21(34)19(11-22(24)46-4)31-30-18-10-7-15-16(28(18)35)8-9-17(29-3)27(15)33-32-20-12-25(48(38,39)6-2)26(50(43,44)45)14-23(20)49(40,41)42;;;;;;2*1-5(2,3)4;1-4(2)3/h7-9,11-14,29,34-35H,1-2,5-6H2,3-4H3,(H,40,41,42)(H,43,44,45);;;;;;2*(H2,1,2,3,4);/q-3;;4*+1;;;/p-3. The first-order valence-electron chi connectivity index (χ1n) is 15.3. The molecule has 0 aromatic heterocycles. The van der Waals surface area contributed by atoms with Gasteiger partial charge in [0.05, 0.1) is 22.6 Å². The van der Waals surface area contributed by atoms with E-state index in [2.05, 4.69) is 45.7 Å². The molecule has 367 valence electrons. The summed E-state index contributed by atoms with van der Waals surface area (Å²) < 4.78 is 216. The van der Waals surface area contributed by atoms with Gasteiger partial charge >= 0.3 is 129 Å². The van der Waals surface area contributed by atoms with Crippen LogP contribution >= 0.6 is 0 Å². The number of azo groups is 2. The summed E-state index contributed by atoms with van der Waals surface area (Å²) in [5.41, 5.74) is -1.30. The number of rotatable bonds is 12. The molecule has 0 aliphatic heterocycles. The first-order valence-corrected chi connectivity index (χ1v) is 25.2. The zero-order chi connectivity index (χ0) is 50.0. The average Bonchev–Trinajstić information content (AvgIpc) is 3.14. The fourth-order valence-electron chi connectivity index (χ4n) is 4.39. The van der Waals surface area contributed by atoms with Crippen LogP contribution in [0.5, 0.6) is 17.2 Å². The number of nitrogens with zero attached hydrogens (tertiary/aromatic N) is 4. The number of methoxy groups -OCH3 is 1. The van der Waals surface area contributed by atoms with Crippen LogP contribution in [-0.2, 0) is 88.4 Å². The Morgan fingerprint density at radius 1 is 0.667 bits per heavy atom. The molecule has 41 heteroatoms. The third-order valence-corrected chi connectivity index (χ3v) is 11.8. The summed E-state index contributed by atoms with van der Waals surface area (Å²) in [7, 11) is -29.6. The minimum atomic E-state index is -5.54. The number of ether oxygens (including phenoxy) is 1. The molecule has 0 unspecified atom stereocenters. The largest absolute Gasteiger partial charge is 1.00 e. The van der Waals surface area contributed by atoms with Gasteiger partial charge in [-0.1, -0.05) is 28.3 Å². The fourth-order valence-corrected chi connectivity index (χ4v) is 8.19. The molecule has 0 atom stereocenters. The van der Waals surface area contributed by atoms with Crippen molar-refractivity contribution in [1.82, 2.24) is 0 Å². The molecule has 0 spiro atoms. The molecule has 1 radical (unpaired) electrons. The zero-order valence-corrected chi connectivity index (χ0v) is 50.5. The smallest absolute Gasteiger partial charge is 0.744 e. The molecule has 4 rings (SSSR count). The van der Waals surface area contributed by atoms with Crippen molar-refractivity contribution < 1.29 is 241 Å². The van der Waals surface area contributed by atoms with Crippen molar-refractivity contribution in [2.24, 2.45) is 20.5 Å². The van der Waals surface area contributed by atoms with Crippen LogP contribution in [0.3, 0.4) is 0 Å². The summed E-state index contributed by atoms with van der Waals surface area (Å²) in [6, 6.07) is 9.32. The maximum Gasteiger partial charge on any atom is 1.00 e. The Morgan fingerprint density at radius 2 is 1.12 bits per heavy atom. The van der Waals surface area contributed by atoms with Crippen LogP contribution in [0.2, 0.25) is 0 Å². The number of phenols is 2. The Kier molecular flexibility index (Phi) is 35.5. The molecular weight excluding hydrogens is 1170 g/mol. The van der Waals surface area contributed by atoms with Crippen LogP contribution in [0.15, 0.2) is 82.5 Å². The van der Waals surface area contributed by atoms with Gasteiger partial charge in [0.2, 0.25) is 20.8 Å². The molecule has 4 aromatic rings. The molecule has 0 saturated heterocycles. The molecule has 0 heterocycles. The molecular formula is C28H27CuN5Na4O24S7-2. The average molecular weight is 1200 g/mol. The van der Waals surface area contributed by atoms with E-state index in [9.17, 15) is 53.0 Å². The number of benzene rings is 4. The van der Waals surface area contributed by atoms with E-state index in [4.69, 9.17) is 52.4 Å². The molecule has 69 heavy (non-hydrogen) atoms. The van der Waals surface area contributed by atoms with E-state index in [1.165, 1.54) is 32.4 Å². The van der Waals surface area contributed by atoms with E-state index >= 15 is 0 Å². The summed E-state index contributed by atoms with van der Waals surface area (Å²) in [4.78, 5) is -4.13. The summed E-state index contributed by atoms with van der Waals surface area (Å²) in [6.07, 6.45) is 0. The van der Waals surface area contributed by atoms with Gasteiger partial charge in [-0.2, -0.15) is 35.9 Å². The summed E-state index contributed by atoms with van der Waals surface area (Å²) in [5, 5.41) is 39.8. The number of hydrogen-bond acceptors (Lipinski definition) is 26. The monoisotopic (exact) mass is 1200 g/mol. The van der Waals surface area contributed by atoms with Gasteiger partial charge < -0.3 is 47.8 Å². The van der Waals surface area contributed by atoms with Crippen LogP contribution in [-0.4, -0.2) is 126 Å². The molecule has 6 N–H and O–H groups in total. The summed E-state index contributed by atoms with van der Waals surface area (Å²) in [5.74, 6) is -2.71. The Hall–Kier alpha value is -0.861. The van der Waals surface area contributed by atoms with Crippen LogP contribution in [0, 0.1) is 19.9 Å². The maximum atomic E-state index is 12.6. The Balaban J connectivity index is -0.000000632. The predicted molar refractivity (Wildman–Crippen MR) is 210 cm³/mol. The van der Waals surface area contributed by atoms with Gasteiger partial charge in [-0.05, 0) is 18.2 Å². The number of nitrogens with one attached hydrogen (secondary N) is 1. The number of hydrogen-bond donors (Lipinski definition) is 6. The predicted octanol–water partition coefficient (Wildman–Crippen LogP) is -10.7. The number of sulfone groups is 2. The molecule has 0 saturated carbocycles. The Labute approximate surface area is 495 Å². The van der Waals surface area contributed by atoms with Gasteiger partial charge in [-0.25, -0.2) is 42.1 Å². The molecule has 0 aliphatic rings. The Morgan fingerprint density at radius 3 is 1.52 bits per heavy atom. The minimum absolute atomic E-state index is 0. The second kappa shape index (κ2) is 31.8. The molecule has 0 bridgehead atoms. The Bertz CT molecular complexity index is 3270. The van der Waals surface area contributed by atoms with E-state index in [-0.39, 0.29) is 186 Å². The van der Waals surface area contributed by atoms with Crippen molar-refractivity contribution in [3.63, 3.8) is 0 Å². The van der Waals surface area contributed by atoms with Crippen molar-refractivity contribution in [1.29, 1.82) is 0 Å². The molecule has 0 aliphatic carbocycles. The van der Waals surface area contributed by atoms with Crippen molar-refractivity contribution in [2.75, 3.05) is 31.0 Å². The van der Waals surface area contributed by atoms with Crippen molar-refractivity contribution in [3.8, 4) is 17.2 Å². The van der Waals surface area contributed by atoms with Gasteiger partial charge in [0.1, 0.15) is 42.8 Å². The van der Waals surface area contributed by atoms with Gasteiger partial charge in [0.25, 0.3) is 10.1 Å². The second-order valence-corrected chi connectivity index (χ2v) is 20.0. The van der Waals surface area contributed by atoms with Crippen LogP contribution in [0.4, 0.5) is 28.4 Å². The number of fused-ring (bicyclic) bond motifs is 1. The van der Waals surface area contributed by atoms with E-state index in [0.29, 0.717) is 6.07 Å². The topological polar surface area (TPSA) is 497 Å². The van der Waals surface area contributed by atoms with E-state index < -0.39 is 115 Å². The maximum absolute atomic E-state index is 12.6. The van der Waals surface area contributed by atoms with Crippen molar-refractivity contribution in [2.45, 2.75) is 19.6 Å². The van der Waals surface area contributed by atoms with Crippen LogP contribution < -0.4 is 128 Å². The van der Waals surface area contributed by atoms with E-state index in [1.54, 1.807) is 0 Å². The molecule has 4 aromatic carbocycles. The molecule has 0 fully saturated rings. The number of anilines is 1. The van der Waals surface area contributed by atoms with Gasteiger partial charge in [0.15, 0.2) is 19.7 Å². The van der Waals surface area contributed by atoms with E-state index in [1.807, 2.05) is 0 Å². The molecule has 29 nitrogen and oxygen atoms in total. The third kappa shape index (κ3) is 25.8. The van der Waals surface area contributed by atoms with Crippen molar-refractivity contribution >= 4 is 111 Å².